The Balaban J connectivity index is 2.49. The number of hydrogen-bond acceptors (Lipinski definition) is 2. The molecule has 3 nitrogen and oxygen atoms in total. The van der Waals surface area contributed by atoms with Crippen LogP contribution in [0.25, 0.3) is 11.0 Å². The zero-order valence-corrected chi connectivity index (χ0v) is 10.3. The average molecular weight is 235 g/mol. The molecule has 17 heavy (non-hydrogen) atoms. The van der Waals surface area contributed by atoms with Crippen molar-refractivity contribution in [2.24, 2.45) is 0 Å². The van der Waals surface area contributed by atoms with Crippen LogP contribution in [-0.4, -0.2) is 23.1 Å². The van der Waals surface area contributed by atoms with Crippen LogP contribution >= 0.6 is 0 Å². The quantitative estimate of drug-likeness (QED) is 0.862. The number of fused-ring (bicyclic) bond motifs is 1. The molecule has 0 aliphatic carbocycles. The molecule has 4 heteroatoms. The maximum Gasteiger partial charge on any atom is 0.151 e. The Morgan fingerprint density at radius 2 is 2.24 bits per heavy atom. The lowest BCUT2D eigenvalue weighted by Crippen LogP contribution is -2.14. The monoisotopic (exact) mass is 235 g/mol. The summed E-state index contributed by atoms with van der Waals surface area (Å²) in [5.41, 5.74) is 1.39. The largest absolute Gasteiger partial charge is 0.328 e. The predicted molar refractivity (Wildman–Crippen MR) is 67.6 cm³/mol. The van der Waals surface area contributed by atoms with Gasteiger partial charge in [-0.3, -0.25) is 0 Å². The third-order valence-corrected chi connectivity index (χ3v) is 2.85. The highest BCUT2D eigenvalue weighted by molar-refractivity contribution is 5.76. The number of para-hydroxylation sites is 1. The summed E-state index contributed by atoms with van der Waals surface area (Å²) >= 11 is 0. The molecule has 1 aromatic heterocycles. The van der Waals surface area contributed by atoms with Crippen molar-refractivity contribution in [2.75, 3.05) is 13.6 Å². The molecule has 92 valence electrons. The molecule has 1 N–H and O–H groups in total. The fourth-order valence-corrected chi connectivity index (χ4v) is 2.06. The van der Waals surface area contributed by atoms with Crippen molar-refractivity contribution in [1.29, 1.82) is 0 Å². The number of nitrogens with zero attached hydrogens (tertiary/aromatic N) is 2. The van der Waals surface area contributed by atoms with E-state index in [9.17, 15) is 4.39 Å². The number of rotatable bonds is 5. The molecular weight excluding hydrogens is 217 g/mol. The Kier molecular flexibility index (Phi) is 3.74. The number of benzene rings is 1. The lowest BCUT2D eigenvalue weighted by molar-refractivity contribution is 0.636. The molecule has 0 amide bonds. The molecule has 0 radical (unpaired) electrons. The van der Waals surface area contributed by atoms with Gasteiger partial charge in [0.15, 0.2) is 5.82 Å². The van der Waals surface area contributed by atoms with Crippen molar-refractivity contribution in [3.8, 4) is 0 Å². The second kappa shape index (κ2) is 5.27. The highest BCUT2D eigenvalue weighted by atomic mass is 19.1. The van der Waals surface area contributed by atoms with E-state index in [4.69, 9.17) is 0 Å². The SMILES string of the molecule is CCCn1c(CCNC)nc2c(F)cccc21. The fraction of sp³-hybridized carbons (Fsp3) is 0.462. The van der Waals surface area contributed by atoms with Gasteiger partial charge >= 0.3 is 0 Å². The van der Waals surface area contributed by atoms with E-state index >= 15 is 0 Å². The summed E-state index contributed by atoms with van der Waals surface area (Å²) in [6.45, 7) is 3.86. The first kappa shape index (κ1) is 12.0. The van der Waals surface area contributed by atoms with Crippen LogP contribution in [0.15, 0.2) is 18.2 Å². The molecular formula is C13H18FN3. The van der Waals surface area contributed by atoms with Gasteiger partial charge < -0.3 is 9.88 Å². The van der Waals surface area contributed by atoms with Gasteiger partial charge in [0.2, 0.25) is 0 Å². The molecule has 0 saturated carbocycles. The molecule has 0 unspecified atom stereocenters. The highest BCUT2D eigenvalue weighted by Crippen LogP contribution is 2.19. The minimum absolute atomic E-state index is 0.233. The van der Waals surface area contributed by atoms with Crippen LogP contribution in [-0.2, 0) is 13.0 Å². The first-order chi connectivity index (χ1) is 8.27. The van der Waals surface area contributed by atoms with Gasteiger partial charge in [0.1, 0.15) is 11.3 Å². The van der Waals surface area contributed by atoms with Crippen LogP contribution in [0.1, 0.15) is 19.2 Å². The lowest BCUT2D eigenvalue weighted by Gasteiger charge is -2.07. The van der Waals surface area contributed by atoms with Crippen LogP contribution in [0, 0.1) is 5.82 Å². The Morgan fingerprint density at radius 3 is 2.94 bits per heavy atom. The number of imidazole rings is 1. The van der Waals surface area contributed by atoms with E-state index in [-0.39, 0.29) is 5.82 Å². The van der Waals surface area contributed by atoms with Crippen molar-refractivity contribution in [1.82, 2.24) is 14.9 Å². The van der Waals surface area contributed by atoms with Crippen LogP contribution in [0.2, 0.25) is 0 Å². The summed E-state index contributed by atoms with van der Waals surface area (Å²) in [5.74, 6) is 0.726. The summed E-state index contributed by atoms with van der Waals surface area (Å²) in [6, 6.07) is 5.14. The van der Waals surface area contributed by atoms with E-state index in [0.29, 0.717) is 5.52 Å². The summed E-state index contributed by atoms with van der Waals surface area (Å²) < 4.78 is 15.8. The van der Waals surface area contributed by atoms with E-state index in [1.54, 1.807) is 6.07 Å². The molecule has 1 heterocycles. The van der Waals surface area contributed by atoms with E-state index in [0.717, 1.165) is 37.3 Å². The fourth-order valence-electron chi connectivity index (χ4n) is 2.06. The van der Waals surface area contributed by atoms with E-state index < -0.39 is 0 Å². The normalized spacial score (nSPS) is 11.2. The van der Waals surface area contributed by atoms with Crippen molar-refractivity contribution in [2.45, 2.75) is 26.3 Å². The van der Waals surface area contributed by atoms with Crippen molar-refractivity contribution >= 4 is 11.0 Å². The molecule has 1 aromatic carbocycles. The number of halogens is 1. The van der Waals surface area contributed by atoms with Crippen LogP contribution in [0.5, 0.6) is 0 Å². The summed E-state index contributed by atoms with van der Waals surface area (Å²) in [4.78, 5) is 4.42. The number of nitrogens with one attached hydrogen (secondary N) is 1. The summed E-state index contributed by atoms with van der Waals surface area (Å²) in [5, 5.41) is 3.10. The first-order valence-electron chi connectivity index (χ1n) is 6.06. The molecule has 0 fully saturated rings. The molecule has 0 aliphatic rings. The zero-order chi connectivity index (χ0) is 12.3. The molecule has 0 saturated heterocycles. The van der Waals surface area contributed by atoms with Gasteiger partial charge in [-0.1, -0.05) is 13.0 Å². The molecule has 2 rings (SSSR count). The lowest BCUT2D eigenvalue weighted by atomic mass is 10.3. The molecule has 0 aliphatic heterocycles. The second-order valence-corrected chi connectivity index (χ2v) is 4.14. The van der Waals surface area contributed by atoms with Gasteiger partial charge in [0.25, 0.3) is 0 Å². The van der Waals surface area contributed by atoms with Crippen LogP contribution < -0.4 is 5.32 Å². The van der Waals surface area contributed by atoms with Gasteiger partial charge in [-0.05, 0) is 25.6 Å². The van der Waals surface area contributed by atoms with Gasteiger partial charge in [0.05, 0.1) is 5.52 Å². The maximum absolute atomic E-state index is 13.7. The van der Waals surface area contributed by atoms with Gasteiger partial charge in [-0.25, -0.2) is 9.37 Å². The van der Waals surface area contributed by atoms with E-state index in [1.165, 1.54) is 6.07 Å². The van der Waals surface area contributed by atoms with Gasteiger partial charge in [0, 0.05) is 19.5 Å². The van der Waals surface area contributed by atoms with Crippen LogP contribution in [0.3, 0.4) is 0 Å². The zero-order valence-electron chi connectivity index (χ0n) is 10.3. The van der Waals surface area contributed by atoms with Gasteiger partial charge in [-0.2, -0.15) is 0 Å². The minimum Gasteiger partial charge on any atom is -0.328 e. The molecule has 0 atom stereocenters. The topological polar surface area (TPSA) is 29.9 Å². The number of hydrogen-bond donors (Lipinski definition) is 1. The second-order valence-electron chi connectivity index (χ2n) is 4.14. The van der Waals surface area contributed by atoms with Crippen molar-refractivity contribution in [3.05, 3.63) is 29.8 Å². The maximum atomic E-state index is 13.7. The van der Waals surface area contributed by atoms with Crippen molar-refractivity contribution < 1.29 is 4.39 Å². The van der Waals surface area contributed by atoms with E-state index in [1.807, 2.05) is 13.1 Å². The molecule has 2 aromatic rings. The average Bonchev–Trinajstić information content (AvgIpc) is 2.67. The third kappa shape index (κ3) is 2.31. The standard InChI is InChI=1S/C13H18FN3/c1-3-9-17-11-6-4-5-10(14)13(11)16-12(17)7-8-15-2/h4-6,15H,3,7-9H2,1-2H3. The van der Waals surface area contributed by atoms with Crippen LogP contribution in [0.4, 0.5) is 4.39 Å². The predicted octanol–water partition coefficient (Wildman–Crippen LogP) is 2.35. The summed E-state index contributed by atoms with van der Waals surface area (Å²) in [7, 11) is 1.91. The Morgan fingerprint density at radius 1 is 1.41 bits per heavy atom. The molecule has 0 spiro atoms. The summed E-state index contributed by atoms with van der Waals surface area (Å²) in [6.07, 6.45) is 1.85. The van der Waals surface area contributed by atoms with Crippen molar-refractivity contribution in [3.63, 3.8) is 0 Å². The van der Waals surface area contributed by atoms with Gasteiger partial charge in [-0.15, -0.1) is 0 Å². The minimum atomic E-state index is -0.233. The third-order valence-electron chi connectivity index (χ3n) is 2.85. The van der Waals surface area contributed by atoms with E-state index in [2.05, 4.69) is 21.8 Å². The molecule has 0 bridgehead atoms. The smallest absolute Gasteiger partial charge is 0.151 e. The Labute approximate surface area is 101 Å². The number of likely N-dealkylation sites (N-methyl/N-ethyl adjacent to an activating group) is 1. The number of aryl methyl sites for hydroxylation is 1. The number of aromatic nitrogens is 2. The first-order valence-corrected chi connectivity index (χ1v) is 6.06. The highest BCUT2D eigenvalue weighted by Gasteiger charge is 2.12. The Bertz CT molecular complexity index is 505. The Hall–Kier alpha value is -1.42.